The van der Waals surface area contributed by atoms with E-state index in [4.69, 9.17) is 4.74 Å². The summed E-state index contributed by atoms with van der Waals surface area (Å²) in [5.41, 5.74) is 2.50. The third kappa shape index (κ3) is 5.28. The van der Waals surface area contributed by atoms with Crippen LogP contribution in [0.4, 0.5) is 5.95 Å². The molecule has 3 rings (SSSR count). The quantitative estimate of drug-likeness (QED) is 0.644. The molecule has 6 heteroatoms. The van der Waals surface area contributed by atoms with Crippen molar-refractivity contribution >= 4 is 11.9 Å². The van der Waals surface area contributed by atoms with Crippen LogP contribution in [0, 0.1) is 0 Å². The van der Waals surface area contributed by atoms with Crippen molar-refractivity contribution in [1.29, 1.82) is 0 Å². The van der Waals surface area contributed by atoms with Crippen LogP contribution < -0.4 is 15.4 Å². The van der Waals surface area contributed by atoms with Gasteiger partial charge in [-0.05, 0) is 29.7 Å². The molecule has 1 heterocycles. The van der Waals surface area contributed by atoms with E-state index in [9.17, 15) is 4.79 Å². The minimum Gasteiger partial charge on any atom is -0.496 e. The van der Waals surface area contributed by atoms with Gasteiger partial charge in [0.2, 0.25) is 5.95 Å². The third-order valence-electron chi connectivity index (χ3n) is 4.05. The van der Waals surface area contributed by atoms with Crippen LogP contribution in [0.1, 0.15) is 21.6 Å². The Bertz CT molecular complexity index is 884. The number of hydrogen-bond acceptors (Lipinski definition) is 5. The van der Waals surface area contributed by atoms with Gasteiger partial charge in [-0.3, -0.25) is 4.79 Å². The lowest BCUT2D eigenvalue weighted by atomic mass is 10.1. The molecule has 0 saturated carbocycles. The summed E-state index contributed by atoms with van der Waals surface area (Å²) in [6.07, 6.45) is 2.26. The topological polar surface area (TPSA) is 76.1 Å². The largest absolute Gasteiger partial charge is 0.496 e. The summed E-state index contributed by atoms with van der Waals surface area (Å²) < 4.78 is 5.33. The molecule has 2 aromatic carbocycles. The first-order valence-corrected chi connectivity index (χ1v) is 8.77. The van der Waals surface area contributed by atoms with Crippen LogP contribution in [0.3, 0.4) is 0 Å². The van der Waals surface area contributed by atoms with Crippen LogP contribution in [-0.4, -0.2) is 29.5 Å². The van der Waals surface area contributed by atoms with E-state index in [2.05, 4.69) is 20.6 Å². The molecular formula is C21H22N4O2. The number of benzene rings is 2. The lowest BCUT2D eigenvalue weighted by Crippen LogP contribution is -2.27. The minimum atomic E-state index is -0.227. The number of anilines is 1. The molecule has 27 heavy (non-hydrogen) atoms. The highest BCUT2D eigenvalue weighted by Crippen LogP contribution is 2.17. The standard InChI is InChI=1S/C21H22N4O2/c1-27-19-10-6-5-9-17(19)11-13-22-20(26)18-12-14-23-21(25-18)24-15-16-7-3-2-4-8-16/h2-10,12,14H,11,13,15H2,1H3,(H,22,26)(H,23,24,25). The van der Waals surface area contributed by atoms with Crippen LogP contribution in [-0.2, 0) is 13.0 Å². The second kappa shape index (κ2) is 9.33. The van der Waals surface area contributed by atoms with E-state index in [1.54, 1.807) is 19.4 Å². The Morgan fingerprint density at radius 1 is 1.04 bits per heavy atom. The first-order valence-electron chi connectivity index (χ1n) is 8.77. The fraction of sp³-hybridized carbons (Fsp3) is 0.190. The monoisotopic (exact) mass is 362 g/mol. The molecule has 0 aliphatic heterocycles. The maximum Gasteiger partial charge on any atom is 0.270 e. The van der Waals surface area contributed by atoms with E-state index in [1.807, 2.05) is 54.6 Å². The summed E-state index contributed by atoms with van der Waals surface area (Å²) in [5.74, 6) is 1.02. The average molecular weight is 362 g/mol. The number of nitrogens with one attached hydrogen (secondary N) is 2. The molecule has 138 valence electrons. The first-order chi connectivity index (χ1) is 13.3. The molecule has 0 aliphatic carbocycles. The van der Waals surface area contributed by atoms with E-state index < -0.39 is 0 Å². The van der Waals surface area contributed by atoms with Crippen molar-refractivity contribution in [3.63, 3.8) is 0 Å². The number of ether oxygens (including phenoxy) is 1. The second-order valence-corrected chi connectivity index (χ2v) is 5.92. The number of carbonyl (C=O) groups is 1. The van der Waals surface area contributed by atoms with Crippen molar-refractivity contribution in [1.82, 2.24) is 15.3 Å². The molecule has 1 aromatic heterocycles. The summed E-state index contributed by atoms with van der Waals surface area (Å²) in [7, 11) is 1.64. The average Bonchev–Trinajstić information content (AvgIpc) is 2.73. The Kier molecular flexibility index (Phi) is 6.35. The molecule has 0 radical (unpaired) electrons. The number of amides is 1. The molecular weight excluding hydrogens is 340 g/mol. The lowest BCUT2D eigenvalue weighted by Gasteiger charge is -2.09. The van der Waals surface area contributed by atoms with Gasteiger partial charge in [0, 0.05) is 19.3 Å². The van der Waals surface area contributed by atoms with Crippen molar-refractivity contribution in [3.8, 4) is 5.75 Å². The summed E-state index contributed by atoms with van der Waals surface area (Å²) in [6, 6.07) is 19.3. The molecule has 0 fully saturated rings. The maximum absolute atomic E-state index is 12.4. The van der Waals surface area contributed by atoms with Crippen LogP contribution in [0.25, 0.3) is 0 Å². The number of nitrogens with zero attached hydrogens (tertiary/aromatic N) is 2. The predicted molar refractivity (Wildman–Crippen MR) is 105 cm³/mol. The van der Waals surface area contributed by atoms with Gasteiger partial charge in [-0.2, -0.15) is 0 Å². The van der Waals surface area contributed by atoms with Crippen LogP contribution >= 0.6 is 0 Å². The Morgan fingerprint density at radius 2 is 1.81 bits per heavy atom. The first kappa shape index (κ1) is 18.4. The summed E-state index contributed by atoms with van der Waals surface area (Å²) in [6.45, 7) is 1.09. The number of aromatic nitrogens is 2. The van der Waals surface area contributed by atoms with Crippen molar-refractivity contribution in [2.75, 3.05) is 19.0 Å². The van der Waals surface area contributed by atoms with E-state index in [1.165, 1.54) is 0 Å². The van der Waals surface area contributed by atoms with Gasteiger partial charge in [-0.25, -0.2) is 9.97 Å². The predicted octanol–water partition coefficient (Wildman–Crippen LogP) is 3.07. The minimum absolute atomic E-state index is 0.227. The van der Waals surface area contributed by atoms with Crippen molar-refractivity contribution < 1.29 is 9.53 Å². The maximum atomic E-state index is 12.4. The second-order valence-electron chi connectivity index (χ2n) is 5.92. The summed E-state index contributed by atoms with van der Waals surface area (Å²) in [4.78, 5) is 20.8. The molecule has 3 aromatic rings. The van der Waals surface area contributed by atoms with Crippen molar-refractivity contribution in [3.05, 3.63) is 83.7 Å². The summed E-state index contributed by atoms with van der Waals surface area (Å²) in [5, 5.41) is 6.02. The van der Waals surface area contributed by atoms with Gasteiger partial charge in [0.25, 0.3) is 5.91 Å². The fourth-order valence-electron chi connectivity index (χ4n) is 2.66. The Balaban J connectivity index is 1.54. The number of para-hydroxylation sites is 1. The van der Waals surface area contributed by atoms with Gasteiger partial charge in [-0.15, -0.1) is 0 Å². The smallest absolute Gasteiger partial charge is 0.270 e. The van der Waals surface area contributed by atoms with Crippen LogP contribution in [0.15, 0.2) is 66.9 Å². The fourth-order valence-corrected chi connectivity index (χ4v) is 2.66. The molecule has 6 nitrogen and oxygen atoms in total. The number of hydrogen-bond donors (Lipinski definition) is 2. The van der Waals surface area contributed by atoms with Gasteiger partial charge in [-0.1, -0.05) is 48.5 Å². The van der Waals surface area contributed by atoms with Gasteiger partial charge < -0.3 is 15.4 Å². The third-order valence-corrected chi connectivity index (χ3v) is 4.05. The highest BCUT2D eigenvalue weighted by atomic mass is 16.5. The highest BCUT2D eigenvalue weighted by molar-refractivity contribution is 5.92. The Hall–Kier alpha value is -3.41. The van der Waals surface area contributed by atoms with Gasteiger partial charge >= 0.3 is 0 Å². The molecule has 0 spiro atoms. The van der Waals surface area contributed by atoms with E-state index in [-0.39, 0.29) is 5.91 Å². The SMILES string of the molecule is COc1ccccc1CCNC(=O)c1ccnc(NCc2ccccc2)n1. The molecule has 2 N–H and O–H groups in total. The van der Waals surface area contributed by atoms with Crippen molar-refractivity contribution in [2.45, 2.75) is 13.0 Å². The summed E-state index contributed by atoms with van der Waals surface area (Å²) >= 11 is 0. The van der Waals surface area contributed by atoms with E-state index in [0.717, 1.165) is 16.9 Å². The zero-order valence-electron chi connectivity index (χ0n) is 15.2. The zero-order chi connectivity index (χ0) is 18.9. The molecule has 1 amide bonds. The van der Waals surface area contributed by atoms with Crippen LogP contribution in [0.2, 0.25) is 0 Å². The molecule has 0 saturated heterocycles. The van der Waals surface area contributed by atoms with Gasteiger partial charge in [0.15, 0.2) is 0 Å². The molecule has 0 unspecified atom stereocenters. The Labute approximate surface area is 158 Å². The normalized spacial score (nSPS) is 10.3. The number of rotatable bonds is 8. The van der Waals surface area contributed by atoms with Gasteiger partial charge in [0.05, 0.1) is 7.11 Å². The van der Waals surface area contributed by atoms with Gasteiger partial charge in [0.1, 0.15) is 11.4 Å². The van der Waals surface area contributed by atoms with Crippen molar-refractivity contribution in [2.24, 2.45) is 0 Å². The number of carbonyl (C=O) groups excluding carboxylic acids is 1. The lowest BCUT2D eigenvalue weighted by molar-refractivity contribution is 0.0949. The molecule has 0 atom stereocenters. The highest BCUT2D eigenvalue weighted by Gasteiger charge is 2.09. The number of methoxy groups -OCH3 is 1. The zero-order valence-corrected chi connectivity index (χ0v) is 15.2. The van der Waals surface area contributed by atoms with E-state index >= 15 is 0 Å². The van der Waals surface area contributed by atoms with Crippen LogP contribution in [0.5, 0.6) is 5.75 Å². The Morgan fingerprint density at radius 3 is 2.63 bits per heavy atom. The molecule has 0 bridgehead atoms. The molecule has 0 aliphatic rings. The van der Waals surface area contributed by atoms with E-state index in [0.29, 0.717) is 31.2 Å².